The summed E-state index contributed by atoms with van der Waals surface area (Å²) in [6.07, 6.45) is 0. The first-order valence-electron chi connectivity index (χ1n) is 10.3. The minimum atomic E-state index is -0.352. The molecule has 2 aromatic rings. The molecule has 1 saturated heterocycles. The first-order valence-corrected chi connectivity index (χ1v) is 10.3. The molecule has 0 N–H and O–H groups in total. The van der Waals surface area contributed by atoms with Crippen LogP contribution in [-0.4, -0.2) is 24.8 Å². The topological polar surface area (TPSA) is 18.5 Å². The zero-order valence-corrected chi connectivity index (χ0v) is 19.3. The Morgan fingerprint density at radius 1 is 0.607 bits per heavy atom. The molecule has 1 radical (unpaired) electrons. The van der Waals surface area contributed by atoms with E-state index in [2.05, 4.69) is 93.5 Å². The van der Waals surface area contributed by atoms with Crippen molar-refractivity contribution < 1.29 is 9.31 Å². The van der Waals surface area contributed by atoms with Crippen LogP contribution in [0.1, 0.15) is 61.1 Å². The van der Waals surface area contributed by atoms with Crippen LogP contribution in [0.15, 0.2) is 24.3 Å². The summed E-state index contributed by atoms with van der Waals surface area (Å²) in [4.78, 5) is 0. The minimum Gasteiger partial charge on any atom is -0.437 e. The molecule has 0 amide bonds. The van der Waals surface area contributed by atoms with Crippen molar-refractivity contribution in [3.8, 4) is 0 Å². The lowest BCUT2D eigenvalue weighted by Gasteiger charge is -2.38. The maximum atomic E-state index is 6.59. The Hall–Kier alpha value is -1.51. The summed E-state index contributed by atoms with van der Waals surface area (Å²) in [5.41, 5.74) is 9.76. The minimum absolute atomic E-state index is 0.0437. The lowest BCUT2D eigenvalue weighted by molar-refractivity contribution is 0.00578. The third-order valence-corrected chi connectivity index (χ3v) is 6.64. The van der Waals surface area contributed by atoms with E-state index >= 15 is 0 Å². The molecule has 0 bridgehead atoms. The number of hydrogen-bond donors (Lipinski definition) is 0. The summed E-state index contributed by atoms with van der Waals surface area (Å²) in [6.45, 7) is 21.8. The summed E-state index contributed by atoms with van der Waals surface area (Å²) in [6, 6.07) is 9.11. The van der Waals surface area contributed by atoms with E-state index in [0.29, 0.717) is 0 Å². The van der Waals surface area contributed by atoms with E-state index < -0.39 is 0 Å². The Morgan fingerprint density at radius 3 is 1.18 bits per heavy atom. The van der Waals surface area contributed by atoms with E-state index in [4.69, 9.17) is 9.31 Å². The lowest BCUT2D eigenvalue weighted by Crippen LogP contribution is -2.59. The molecule has 4 heteroatoms. The van der Waals surface area contributed by atoms with Crippen molar-refractivity contribution in [2.75, 3.05) is 0 Å². The lowest BCUT2D eigenvalue weighted by atomic mass is 9.17. The molecule has 28 heavy (non-hydrogen) atoms. The average Bonchev–Trinajstić information content (AvgIpc) is 2.71. The number of aryl methyl sites for hydroxylation is 6. The zero-order valence-electron chi connectivity index (χ0n) is 19.3. The van der Waals surface area contributed by atoms with E-state index in [1.807, 2.05) is 0 Å². The monoisotopic (exact) mass is 376 g/mol. The second-order valence-electron chi connectivity index (χ2n) is 9.73. The number of hydrogen-bond acceptors (Lipinski definition) is 2. The highest BCUT2D eigenvalue weighted by atomic mass is 16.7. The Bertz CT molecular complexity index is 795. The third-order valence-electron chi connectivity index (χ3n) is 6.64. The smallest absolute Gasteiger partial charge is 0.237 e. The van der Waals surface area contributed by atoms with Gasteiger partial charge < -0.3 is 9.31 Å². The summed E-state index contributed by atoms with van der Waals surface area (Å²) >= 11 is 0. The first-order chi connectivity index (χ1) is 12.8. The van der Waals surface area contributed by atoms with Crippen molar-refractivity contribution in [1.82, 2.24) is 0 Å². The van der Waals surface area contributed by atoms with Crippen molar-refractivity contribution >= 4 is 24.5 Å². The van der Waals surface area contributed by atoms with Gasteiger partial charge in [-0.1, -0.05) is 57.6 Å². The van der Waals surface area contributed by atoms with Gasteiger partial charge in [0.25, 0.3) is 0 Å². The molecule has 2 aromatic carbocycles. The van der Waals surface area contributed by atoms with Gasteiger partial charge in [-0.25, -0.2) is 10.9 Å². The Labute approximate surface area is 172 Å². The van der Waals surface area contributed by atoms with E-state index in [1.54, 1.807) is 0 Å². The largest absolute Gasteiger partial charge is 0.437 e. The van der Waals surface area contributed by atoms with Gasteiger partial charge in [0.1, 0.15) is 0 Å². The number of rotatable bonds is 3. The maximum Gasteiger partial charge on any atom is 0.237 e. The standard InChI is InChI=1S/C24H34B2O2/c1-15-11-17(3)21(18(4)12-15)25(22-19(5)13-16(2)14-20(22)6)26-27-23(7,8)24(9,10)28-26/h11-14H,1-10H3/q-1. The molecular formula is C24H34B2O2-. The molecule has 3 rings (SSSR count). The van der Waals surface area contributed by atoms with E-state index in [-0.39, 0.29) is 24.8 Å². The predicted octanol–water partition coefficient (Wildman–Crippen LogP) is 4.32. The first kappa shape index (κ1) is 21.2. The van der Waals surface area contributed by atoms with Gasteiger partial charge >= 0.3 is 0 Å². The van der Waals surface area contributed by atoms with Gasteiger partial charge in [0.2, 0.25) is 7.01 Å². The third kappa shape index (κ3) is 3.57. The van der Waals surface area contributed by atoms with Gasteiger partial charge in [-0.05, 0) is 75.8 Å². The maximum absolute atomic E-state index is 6.59. The van der Waals surface area contributed by atoms with Crippen molar-refractivity contribution in [1.29, 1.82) is 0 Å². The summed E-state index contributed by atoms with van der Waals surface area (Å²) in [7, 11) is -0.315. The summed E-state index contributed by atoms with van der Waals surface area (Å²) in [5.74, 6) is 0. The predicted molar refractivity (Wildman–Crippen MR) is 122 cm³/mol. The van der Waals surface area contributed by atoms with E-state index in [1.165, 1.54) is 44.3 Å². The zero-order chi connectivity index (χ0) is 21.0. The fourth-order valence-electron chi connectivity index (χ4n) is 4.80. The average molecular weight is 376 g/mol. The van der Waals surface area contributed by atoms with E-state index in [0.717, 1.165) is 0 Å². The molecule has 0 unspecified atom stereocenters. The fourth-order valence-corrected chi connectivity index (χ4v) is 4.80. The molecular weight excluding hydrogens is 342 g/mol. The van der Waals surface area contributed by atoms with Crippen LogP contribution in [0.4, 0.5) is 0 Å². The van der Waals surface area contributed by atoms with Gasteiger partial charge in [-0.15, -0.1) is 0 Å². The quantitative estimate of drug-likeness (QED) is 0.744. The van der Waals surface area contributed by atoms with Gasteiger partial charge in [0, 0.05) is 0 Å². The molecule has 0 aromatic heterocycles. The Kier molecular flexibility index (Phi) is 5.36. The summed E-state index contributed by atoms with van der Waals surface area (Å²) in [5, 5.41) is 0. The van der Waals surface area contributed by atoms with Crippen molar-refractivity contribution in [3.05, 3.63) is 57.6 Å². The molecule has 0 aliphatic carbocycles. The van der Waals surface area contributed by atoms with Gasteiger partial charge in [-0.2, -0.15) is 0 Å². The van der Waals surface area contributed by atoms with Crippen LogP contribution in [-0.2, 0) is 9.31 Å². The number of benzene rings is 2. The molecule has 1 aliphatic rings. The molecule has 149 valence electrons. The van der Waals surface area contributed by atoms with Crippen LogP contribution >= 0.6 is 0 Å². The molecule has 1 heterocycles. The second kappa shape index (κ2) is 7.07. The SMILES string of the molecule is Cc1cc(C)c([B-](B2OC(C)(C)C(C)(C)O2)c2c(C)cc(C)cc2C)c(C)c1. The van der Waals surface area contributed by atoms with E-state index in [9.17, 15) is 0 Å². The molecule has 0 spiro atoms. The van der Waals surface area contributed by atoms with Crippen LogP contribution in [0, 0.1) is 41.5 Å². The van der Waals surface area contributed by atoms with Crippen LogP contribution in [0.2, 0.25) is 0 Å². The fraction of sp³-hybridized carbons (Fsp3) is 0.500. The molecule has 1 aliphatic heterocycles. The highest BCUT2D eigenvalue weighted by molar-refractivity contribution is 7.29. The highest BCUT2D eigenvalue weighted by Crippen LogP contribution is 2.37. The van der Waals surface area contributed by atoms with Crippen LogP contribution in [0.5, 0.6) is 0 Å². The van der Waals surface area contributed by atoms with Crippen molar-refractivity contribution in [2.45, 2.75) is 80.4 Å². The normalized spacial score (nSPS) is 18.2. The van der Waals surface area contributed by atoms with Crippen LogP contribution < -0.4 is 10.9 Å². The molecule has 1 fully saturated rings. The Morgan fingerprint density at radius 2 is 0.893 bits per heavy atom. The summed E-state index contributed by atoms with van der Waals surface area (Å²) < 4.78 is 13.2. The molecule has 0 saturated carbocycles. The van der Waals surface area contributed by atoms with Crippen molar-refractivity contribution in [3.63, 3.8) is 0 Å². The molecule has 2 nitrogen and oxygen atoms in total. The second-order valence-corrected chi connectivity index (χ2v) is 9.73. The molecule has 0 atom stereocenters. The van der Waals surface area contributed by atoms with Gasteiger partial charge in [0.15, 0.2) is 0 Å². The Balaban J connectivity index is 2.26. The van der Waals surface area contributed by atoms with Crippen molar-refractivity contribution in [2.24, 2.45) is 0 Å². The highest BCUT2D eigenvalue weighted by Gasteiger charge is 2.49. The van der Waals surface area contributed by atoms with Gasteiger partial charge in [0.05, 0.1) is 11.2 Å². The van der Waals surface area contributed by atoms with Gasteiger partial charge in [-0.3, -0.25) is 0 Å². The van der Waals surface area contributed by atoms with Crippen LogP contribution in [0.3, 0.4) is 0 Å². The van der Waals surface area contributed by atoms with Crippen LogP contribution in [0.25, 0.3) is 0 Å².